The first-order valence-corrected chi connectivity index (χ1v) is 8.47. The van der Waals surface area contributed by atoms with E-state index in [0.717, 1.165) is 38.6 Å². The van der Waals surface area contributed by atoms with E-state index in [9.17, 15) is 14.7 Å². The Kier molecular flexibility index (Phi) is 5.28. The molecule has 0 heterocycles. The van der Waals surface area contributed by atoms with E-state index in [0.29, 0.717) is 24.3 Å². The largest absolute Gasteiger partial charge is 0.481 e. The minimum Gasteiger partial charge on any atom is -0.481 e. The summed E-state index contributed by atoms with van der Waals surface area (Å²) in [6, 6.07) is 0.381. The third-order valence-corrected chi connectivity index (χ3v) is 5.09. The molecule has 0 aromatic rings. The van der Waals surface area contributed by atoms with E-state index in [4.69, 9.17) is 0 Å². The summed E-state index contributed by atoms with van der Waals surface area (Å²) in [5, 5.41) is 9.43. The van der Waals surface area contributed by atoms with Crippen LogP contribution in [0.15, 0.2) is 0 Å². The van der Waals surface area contributed by atoms with E-state index in [-0.39, 0.29) is 11.8 Å². The number of carboxylic acid groups (broad SMARTS) is 1. The summed E-state index contributed by atoms with van der Waals surface area (Å²) < 4.78 is 0. The number of hydrogen-bond acceptors (Lipinski definition) is 2. The summed E-state index contributed by atoms with van der Waals surface area (Å²) in [6.07, 6.45) is 5.59. The highest BCUT2D eigenvalue weighted by Gasteiger charge is 2.45. The Bertz CT molecular complexity index is 389. The van der Waals surface area contributed by atoms with E-state index in [1.165, 1.54) is 0 Å². The minimum absolute atomic E-state index is 0.113. The molecule has 2 fully saturated rings. The zero-order valence-corrected chi connectivity index (χ0v) is 13.5. The van der Waals surface area contributed by atoms with Crippen LogP contribution in [0.5, 0.6) is 0 Å². The van der Waals surface area contributed by atoms with E-state index in [2.05, 4.69) is 20.8 Å². The van der Waals surface area contributed by atoms with Crippen molar-refractivity contribution in [3.05, 3.63) is 0 Å². The van der Waals surface area contributed by atoms with Crippen LogP contribution in [0.2, 0.25) is 0 Å². The molecule has 3 atom stereocenters. The molecule has 0 saturated heterocycles. The first-order valence-electron chi connectivity index (χ1n) is 8.47. The number of carboxylic acids is 1. The topological polar surface area (TPSA) is 57.6 Å². The molecular weight excluding hydrogens is 266 g/mol. The normalized spacial score (nSPS) is 28.9. The van der Waals surface area contributed by atoms with Gasteiger partial charge in [-0.1, -0.05) is 27.2 Å². The van der Waals surface area contributed by atoms with Crippen LogP contribution in [0.25, 0.3) is 0 Å². The molecule has 4 heteroatoms. The number of carbonyl (C=O) groups is 2. The van der Waals surface area contributed by atoms with Crippen molar-refractivity contribution in [2.24, 2.45) is 23.7 Å². The molecule has 4 nitrogen and oxygen atoms in total. The smallest absolute Gasteiger partial charge is 0.307 e. The predicted octanol–water partition coefficient (Wildman–Crippen LogP) is 3.16. The Hall–Kier alpha value is -1.06. The van der Waals surface area contributed by atoms with Gasteiger partial charge in [-0.2, -0.15) is 0 Å². The van der Waals surface area contributed by atoms with Gasteiger partial charge in [0.15, 0.2) is 0 Å². The quantitative estimate of drug-likeness (QED) is 0.785. The van der Waals surface area contributed by atoms with Crippen LogP contribution in [-0.4, -0.2) is 34.5 Å². The summed E-state index contributed by atoms with van der Waals surface area (Å²) in [5.41, 5.74) is 0. The van der Waals surface area contributed by atoms with Crippen molar-refractivity contribution in [3.63, 3.8) is 0 Å². The lowest BCUT2D eigenvalue weighted by Gasteiger charge is -2.28. The first-order chi connectivity index (χ1) is 9.93. The summed E-state index contributed by atoms with van der Waals surface area (Å²) in [4.78, 5) is 26.4. The molecular formula is C17H29NO3. The van der Waals surface area contributed by atoms with E-state index < -0.39 is 11.9 Å². The van der Waals surface area contributed by atoms with Gasteiger partial charge in [-0.3, -0.25) is 9.59 Å². The van der Waals surface area contributed by atoms with Gasteiger partial charge in [0.25, 0.3) is 0 Å². The lowest BCUT2D eigenvalue weighted by Crippen LogP contribution is -2.41. The second-order valence-electron chi connectivity index (χ2n) is 7.24. The summed E-state index contributed by atoms with van der Waals surface area (Å²) in [7, 11) is 0. The maximum atomic E-state index is 12.9. The number of amides is 1. The van der Waals surface area contributed by atoms with Crippen molar-refractivity contribution in [1.29, 1.82) is 0 Å². The first kappa shape index (κ1) is 16.3. The molecule has 0 spiro atoms. The van der Waals surface area contributed by atoms with Crippen molar-refractivity contribution in [3.8, 4) is 0 Å². The number of aliphatic carboxylic acids is 1. The lowest BCUT2D eigenvalue weighted by molar-refractivity contribution is -0.149. The summed E-state index contributed by atoms with van der Waals surface area (Å²) >= 11 is 0. The van der Waals surface area contributed by atoms with Crippen molar-refractivity contribution in [1.82, 2.24) is 4.90 Å². The van der Waals surface area contributed by atoms with Crippen molar-refractivity contribution in [2.45, 2.75) is 65.3 Å². The molecule has 0 aromatic heterocycles. The molecule has 2 rings (SSSR count). The number of nitrogens with zero attached hydrogens (tertiary/aromatic N) is 1. The molecule has 1 amide bonds. The third-order valence-electron chi connectivity index (χ3n) is 5.09. The number of carbonyl (C=O) groups excluding carboxylic acids is 1. The van der Waals surface area contributed by atoms with Crippen molar-refractivity contribution >= 4 is 11.9 Å². The van der Waals surface area contributed by atoms with Gasteiger partial charge in [-0.05, 0) is 43.9 Å². The standard InChI is InChI=1S/C17H29NO3/c1-4-12-9-14(15(10-12)17(20)21)16(19)18(13-5-6-13)8-7-11(2)3/h11-15H,4-10H2,1-3H3,(H,20,21)/t12?,14-,15+/m0/s1. The zero-order valence-electron chi connectivity index (χ0n) is 13.5. The fraction of sp³-hybridized carbons (Fsp3) is 0.882. The van der Waals surface area contributed by atoms with Gasteiger partial charge in [0.2, 0.25) is 5.91 Å². The second-order valence-corrected chi connectivity index (χ2v) is 7.24. The average molecular weight is 295 g/mol. The van der Waals surface area contributed by atoms with Gasteiger partial charge < -0.3 is 10.0 Å². The van der Waals surface area contributed by atoms with Crippen LogP contribution in [0.4, 0.5) is 0 Å². The molecule has 2 aliphatic rings. The molecule has 2 aliphatic carbocycles. The Labute approximate surface area is 127 Å². The molecule has 0 bridgehead atoms. The molecule has 0 aliphatic heterocycles. The van der Waals surface area contributed by atoms with Crippen LogP contribution >= 0.6 is 0 Å². The van der Waals surface area contributed by atoms with Crippen LogP contribution in [-0.2, 0) is 9.59 Å². The highest BCUT2D eigenvalue weighted by molar-refractivity contribution is 5.85. The van der Waals surface area contributed by atoms with Crippen LogP contribution in [0.3, 0.4) is 0 Å². The van der Waals surface area contributed by atoms with Crippen LogP contribution < -0.4 is 0 Å². The maximum absolute atomic E-state index is 12.9. The molecule has 0 radical (unpaired) electrons. The summed E-state index contributed by atoms with van der Waals surface area (Å²) in [6.45, 7) is 7.21. The fourth-order valence-electron chi connectivity index (χ4n) is 3.49. The lowest BCUT2D eigenvalue weighted by atomic mass is 9.94. The minimum atomic E-state index is -0.788. The Balaban J connectivity index is 2.05. The Morgan fingerprint density at radius 3 is 2.29 bits per heavy atom. The van der Waals surface area contributed by atoms with Crippen molar-refractivity contribution in [2.75, 3.05) is 6.54 Å². The average Bonchev–Trinajstić information content (AvgIpc) is 3.16. The van der Waals surface area contributed by atoms with Gasteiger partial charge in [0.1, 0.15) is 0 Å². The second kappa shape index (κ2) is 6.80. The van der Waals surface area contributed by atoms with Gasteiger partial charge >= 0.3 is 5.97 Å². The molecule has 0 aromatic carbocycles. The molecule has 120 valence electrons. The van der Waals surface area contributed by atoms with Gasteiger partial charge in [-0.25, -0.2) is 0 Å². The monoisotopic (exact) mass is 295 g/mol. The molecule has 1 unspecified atom stereocenters. The van der Waals surface area contributed by atoms with E-state index in [1.54, 1.807) is 0 Å². The zero-order chi connectivity index (χ0) is 15.6. The van der Waals surface area contributed by atoms with Gasteiger partial charge in [0.05, 0.1) is 11.8 Å². The third kappa shape index (κ3) is 3.98. The molecule has 21 heavy (non-hydrogen) atoms. The fourth-order valence-corrected chi connectivity index (χ4v) is 3.49. The van der Waals surface area contributed by atoms with Crippen LogP contribution in [0.1, 0.15) is 59.3 Å². The van der Waals surface area contributed by atoms with Gasteiger partial charge in [0, 0.05) is 12.6 Å². The number of rotatable bonds is 7. The van der Waals surface area contributed by atoms with E-state index in [1.807, 2.05) is 4.90 Å². The molecule has 2 saturated carbocycles. The van der Waals surface area contributed by atoms with E-state index >= 15 is 0 Å². The van der Waals surface area contributed by atoms with Gasteiger partial charge in [-0.15, -0.1) is 0 Å². The SMILES string of the molecule is CCC1C[C@H](C(=O)N(CCC(C)C)C2CC2)[C@H](C(=O)O)C1. The Morgan fingerprint density at radius 1 is 1.19 bits per heavy atom. The van der Waals surface area contributed by atoms with Crippen LogP contribution in [0, 0.1) is 23.7 Å². The molecule has 1 N–H and O–H groups in total. The highest BCUT2D eigenvalue weighted by atomic mass is 16.4. The maximum Gasteiger partial charge on any atom is 0.307 e. The highest BCUT2D eigenvalue weighted by Crippen LogP contribution is 2.41. The summed E-state index contributed by atoms with van der Waals surface area (Å²) in [5.74, 6) is -0.471. The number of hydrogen-bond donors (Lipinski definition) is 1. The predicted molar refractivity (Wildman–Crippen MR) is 81.8 cm³/mol. The van der Waals surface area contributed by atoms with Crippen molar-refractivity contribution < 1.29 is 14.7 Å². The Morgan fingerprint density at radius 2 is 1.81 bits per heavy atom.